The Labute approximate surface area is 116 Å². The van der Waals surface area contributed by atoms with Crippen LogP contribution in [0.1, 0.15) is 5.56 Å². The van der Waals surface area contributed by atoms with E-state index in [4.69, 9.17) is 0 Å². The zero-order chi connectivity index (χ0) is 13.8. The highest BCUT2D eigenvalue weighted by Gasteiger charge is 2.13. The lowest BCUT2D eigenvalue weighted by atomic mass is 10.2. The second-order valence-corrected chi connectivity index (χ2v) is 4.58. The molecule has 0 spiro atoms. The van der Waals surface area contributed by atoms with Crippen molar-refractivity contribution in [1.82, 2.24) is 4.98 Å². The summed E-state index contributed by atoms with van der Waals surface area (Å²) in [7, 11) is 0. The van der Waals surface area contributed by atoms with Gasteiger partial charge in [-0.1, -0.05) is 15.9 Å². The first-order valence-corrected chi connectivity index (χ1v) is 6.14. The highest BCUT2D eigenvalue weighted by molar-refractivity contribution is 9.10. The molecule has 0 radical (unpaired) electrons. The zero-order valence-corrected chi connectivity index (χ0v) is 11.2. The van der Waals surface area contributed by atoms with Crippen molar-refractivity contribution in [3.63, 3.8) is 0 Å². The first-order chi connectivity index (χ1) is 9.08. The number of aromatic nitrogens is 1. The second kappa shape index (κ2) is 5.75. The van der Waals surface area contributed by atoms with Gasteiger partial charge in [-0.2, -0.15) is 0 Å². The molecule has 0 aliphatic carbocycles. The van der Waals surface area contributed by atoms with E-state index in [1.54, 1.807) is 18.2 Å². The minimum atomic E-state index is -0.567. The third-order valence-electron chi connectivity index (χ3n) is 2.44. The summed E-state index contributed by atoms with van der Waals surface area (Å²) in [5.41, 5.74) is 0.960. The predicted molar refractivity (Wildman–Crippen MR) is 72.3 cm³/mol. The van der Waals surface area contributed by atoms with Crippen molar-refractivity contribution in [2.45, 2.75) is 6.54 Å². The van der Waals surface area contributed by atoms with Gasteiger partial charge in [-0.3, -0.25) is 0 Å². The average Bonchev–Trinajstić information content (AvgIpc) is 2.40. The van der Waals surface area contributed by atoms with Crippen LogP contribution in [0.5, 0.6) is 0 Å². The first kappa shape index (κ1) is 13.4. The Morgan fingerprint density at radius 2 is 2.21 bits per heavy atom. The third kappa shape index (κ3) is 3.25. The van der Waals surface area contributed by atoms with E-state index in [2.05, 4.69) is 26.2 Å². The van der Waals surface area contributed by atoms with E-state index in [1.807, 2.05) is 0 Å². The maximum Gasteiger partial charge on any atom is 0.386 e. The fourth-order valence-corrected chi connectivity index (χ4v) is 1.94. The number of nitro groups is 1. The lowest BCUT2D eigenvalue weighted by Crippen LogP contribution is -2.04. The molecule has 1 N–H and O–H groups in total. The van der Waals surface area contributed by atoms with Crippen LogP contribution in [-0.2, 0) is 6.54 Å². The number of pyridine rings is 1. The molecule has 7 heteroatoms. The lowest BCUT2D eigenvalue weighted by Gasteiger charge is -2.08. The Bertz CT molecular complexity index is 622. The van der Waals surface area contributed by atoms with Crippen molar-refractivity contribution in [1.29, 1.82) is 0 Å². The molecule has 98 valence electrons. The van der Waals surface area contributed by atoms with Crippen molar-refractivity contribution in [3.8, 4) is 0 Å². The number of halogens is 2. The number of anilines is 1. The molecule has 0 atom stereocenters. The zero-order valence-electron chi connectivity index (χ0n) is 9.64. The highest BCUT2D eigenvalue weighted by Crippen LogP contribution is 2.23. The molecular weight excluding hydrogens is 317 g/mol. The van der Waals surface area contributed by atoms with Gasteiger partial charge in [0.25, 0.3) is 0 Å². The fourth-order valence-electron chi connectivity index (χ4n) is 1.55. The van der Waals surface area contributed by atoms with Crippen LogP contribution in [0.25, 0.3) is 0 Å². The normalized spacial score (nSPS) is 10.2. The molecule has 1 aromatic carbocycles. The van der Waals surface area contributed by atoms with Crippen molar-refractivity contribution in [2.75, 3.05) is 5.32 Å². The molecule has 2 aromatic rings. The van der Waals surface area contributed by atoms with Gasteiger partial charge in [0.1, 0.15) is 17.7 Å². The molecule has 0 aliphatic rings. The predicted octanol–water partition coefficient (Wildman–Crippen LogP) is 3.50. The van der Waals surface area contributed by atoms with Crippen LogP contribution in [0.4, 0.5) is 15.9 Å². The summed E-state index contributed by atoms with van der Waals surface area (Å²) < 4.78 is 13.8. The standard InChI is InChI=1S/C12H9BrFN3O2/c13-10-4-3-9(14)6-8(10)7-16-11-2-1-5-15-12(11)17(18)19/h1-6,16H,7H2. The van der Waals surface area contributed by atoms with E-state index in [-0.39, 0.29) is 18.2 Å². The number of nitrogens with one attached hydrogen (secondary N) is 1. The molecule has 1 aromatic heterocycles. The van der Waals surface area contributed by atoms with Crippen LogP contribution in [-0.4, -0.2) is 9.91 Å². The van der Waals surface area contributed by atoms with E-state index in [1.165, 1.54) is 18.3 Å². The molecule has 0 unspecified atom stereocenters. The number of hydrogen-bond donors (Lipinski definition) is 1. The Hall–Kier alpha value is -2.02. The molecule has 2 rings (SSSR count). The van der Waals surface area contributed by atoms with E-state index in [0.29, 0.717) is 11.3 Å². The van der Waals surface area contributed by atoms with E-state index < -0.39 is 4.92 Å². The van der Waals surface area contributed by atoms with Gasteiger partial charge in [0.05, 0.1) is 0 Å². The summed E-state index contributed by atoms with van der Waals surface area (Å²) in [4.78, 5) is 13.9. The topological polar surface area (TPSA) is 68.1 Å². The van der Waals surface area contributed by atoms with Gasteiger partial charge in [0.15, 0.2) is 0 Å². The van der Waals surface area contributed by atoms with Crippen molar-refractivity contribution in [3.05, 3.63) is 62.5 Å². The molecule has 19 heavy (non-hydrogen) atoms. The SMILES string of the molecule is O=[N+]([O-])c1ncccc1NCc1cc(F)ccc1Br. The molecule has 0 bridgehead atoms. The van der Waals surface area contributed by atoms with Crippen LogP contribution in [0.15, 0.2) is 41.0 Å². The van der Waals surface area contributed by atoms with Crippen molar-refractivity contribution < 1.29 is 9.31 Å². The maximum atomic E-state index is 13.1. The van der Waals surface area contributed by atoms with Gasteiger partial charge in [-0.05, 0) is 45.8 Å². The van der Waals surface area contributed by atoms with Crippen LogP contribution in [0.2, 0.25) is 0 Å². The molecule has 0 aliphatic heterocycles. The molecule has 0 fully saturated rings. The molecular formula is C12H9BrFN3O2. The van der Waals surface area contributed by atoms with Gasteiger partial charge in [-0.25, -0.2) is 4.39 Å². The minimum absolute atomic E-state index is 0.255. The first-order valence-electron chi connectivity index (χ1n) is 5.35. The van der Waals surface area contributed by atoms with Crippen molar-refractivity contribution in [2.24, 2.45) is 0 Å². The fraction of sp³-hybridized carbons (Fsp3) is 0.0833. The Morgan fingerprint density at radius 1 is 1.42 bits per heavy atom. The summed E-state index contributed by atoms with van der Waals surface area (Å²) >= 11 is 3.30. The molecule has 5 nitrogen and oxygen atoms in total. The molecule has 1 heterocycles. The maximum absolute atomic E-state index is 13.1. The Morgan fingerprint density at radius 3 is 2.95 bits per heavy atom. The van der Waals surface area contributed by atoms with Gasteiger partial charge < -0.3 is 15.4 Å². The van der Waals surface area contributed by atoms with Gasteiger partial charge >= 0.3 is 5.82 Å². The molecule has 0 amide bonds. The van der Waals surface area contributed by atoms with E-state index >= 15 is 0 Å². The molecule has 0 saturated heterocycles. The monoisotopic (exact) mass is 325 g/mol. The van der Waals surface area contributed by atoms with E-state index in [0.717, 1.165) is 4.47 Å². The summed E-state index contributed by atoms with van der Waals surface area (Å²) in [5, 5.41) is 13.7. The summed E-state index contributed by atoms with van der Waals surface area (Å²) in [6.07, 6.45) is 1.35. The van der Waals surface area contributed by atoms with Crippen molar-refractivity contribution >= 4 is 27.4 Å². The largest absolute Gasteiger partial charge is 0.386 e. The number of hydrogen-bond acceptors (Lipinski definition) is 4. The van der Waals surface area contributed by atoms with Crippen LogP contribution in [0.3, 0.4) is 0 Å². The summed E-state index contributed by atoms with van der Waals surface area (Å²) in [5.74, 6) is -0.615. The van der Waals surface area contributed by atoms with Gasteiger partial charge in [0, 0.05) is 11.0 Å². The molecule has 0 saturated carbocycles. The minimum Gasteiger partial charge on any atom is -0.374 e. The van der Waals surface area contributed by atoms with Crippen LogP contribution < -0.4 is 5.32 Å². The van der Waals surface area contributed by atoms with Crippen LogP contribution >= 0.6 is 15.9 Å². The summed E-state index contributed by atoms with van der Waals surface area (Å²) in [6, 6.07) is 7.43. The highest BCUT2D eigenvalue weighted by atomic mass is 79.9. The summed E-state index contributed by atoms with van der Waals surface area (Å²) in [6.45, 7) is 0.255. The smallest absolute Gasteiger partial charge is 0.374 e. The number of nitrogens with zero attached hydrogens (tertiary/aromatic N) is 2. The van der Waals surface area contributed by atoms with E-state index in [9.17, 15) is 14.5 Å². The van der Waals surface area contributed by atoms with Crippen LogP contribution in [0, 0.1) is 15.9 Å². The Balaban J connectivity index is 2.19. The lowest BCUT2D eigenvalue weighted by molar-refractivity contribution is -0.388. The second-order valence-electron chi connectivity index (χ2n) is 3.72. The Kier molecular flexibility index (Phi) is 4.06. The third-order valence-corrected chi connectivity index (χ3v) is 3.21. The number of rotatable bonds is 4. The number of benzene rings is 1. The average molecular weight is 326 g/mol. The quantitative estimate of drug-likeness (QED) is 0.690. The van der Waals surface area contributed by atoms with Gasteiger partial charge in [-0.15, -0.1) is 0 Å². The van der Waals surface area contributed by atoms with Gasteiger partial charge in [0.2, 0.25) is 0 Å².